The van der Waals surface area contributed by atoms with Crippen LogP contribution >= 0.6 is 0 Å². The zero-order valence-corrected chi connectivity index (χ0v) is 12.8. The standard InChI is InChI=1S/C17H14F3N3O/c1-24-14-5-3-2-4-13(14)11-23-9-8-21-16(23)12-6-7-15(22-10-12)17(18,19)20/h2-10H,11H2,1H3. The van der Waals surface area contributed by atoms with Gasteiger partial charge in [-0.3, -0.25) is 4.98 Å². The number of alkyl halides is 3. The summed E-state index contributed by atoms with van der Waals surface area (Å²) in [5.74, 6) is 1.28. The van der Waals surface area contributed by atoms with Gasteiger partial charge in [-0.2, -0.15) is 13.2 Å². The molecule has 0 unspecified atom stereocenters. The van der Waals surface area contributed by atoms with Crippen molar-refractivity contribution in [3.05, 3.63) is 66.2 Å². The van der Waals surface area contributed by atoms with Crippen molar-refractivity contribution in [3.8, 4) is 17.1 Å². The predicted octanol–water partition coefficient (Wildman–Crippen LogP) is 4.02. The quantitative estimate of drug-likeness (QED) is 0.724. The van der Waals surface area contributed by atoms with Gasteiger partial charge in [0, 0.05) is 29.7 Å². The number of pyridine rings is 1. The van der Waals surface area contributed by atoms with Crippen LogP contribution in [0.4, 0.5) is 13.2 Å². The number of aromatic nitrogens is 3. The Labute approximate surface area is 136 Å². The molecule has 0 N–H and O–H groups in total. The molecule has 24 heavy (non-hydrogen) atoms. The fourth-order valence-corrected chi connectivity index (χ4v) is 2.41. The van der Waals surface area contributed by atoms with Gasteiger partial charge in [0.2, 0.25) is 0 Å². The Morgan fingerprint density at radius 3 is 2.54 bits per heavy atom. The minimum Gasteiger partial charge on any atom is -0.496 e. The van der Waals surface area contributed by atoms with Crippen LogP contribution in [0, 0.1) is 0 Å². The molecule has 3 aromatic rings. The number of rotatable bonds is 4. The molecule has 4 nitrogen and oxygen atoms in total. The zero-order valence-electron chi connectivity index (χ0n) is 12.8. The fraction of sp³-hybridized carbons (Fsp3) is 0.176. The van der Waals surface area contributed by atoms with E-state index in [2.05, 4.69) is 9.97 Å². The number of ether oxygens (including phenoxy) is 1. The van der Waals surface area contributed by atoms with Crippen molar-refractivity contribution in [2.45, 2.75) is 12.7 Å². The third-order valence-corrected chi connectivity index (χ3v) is 3.56. The van der Waals surface area contributed by atoms with E-state index in [4.69, 9.17) is 4.74 Å². The first-order chi connectivity index (χ1) is 11.5. The van der Waals surface area contributed by atoms with Crippen LogP contribution in [0.2, 0.25) is 0 Å². The molecule has 0 amide bonds. The van der Waals surface area contributed by atoms with Crippen LogP contribution in [-0.2, 0) is 12.7 Å². The Morgan fingerprint density at radius 2 is 1.88 bits per heavy atom. The molecule has 124 valence electrons. The van der Waals surface area contributed by atoms with Crippen molar-refractivity contribution in [3.63, 3.8) is 0 Å². The van der Waals surface area contributed by atoms with Gasteiger partial charge in [0.05, 0.1) is 13.7 Å². The van der Waals surface area contributed by atoms with Crippen molar-refractivity contribution < 1.29 is 17.9 Å². The van der Waals surface area contributed by atoms with Gasteiger partial charge >= 0.3 is 6.18 Å². The van der Waals surface area contributed by atoms with Crippen LogP contribution in [0.5, 0.6) is 5.75 Å². The second kappa shape index (κ2) is 6.35. The summed E-state index contributed by atoms with van der Waals surface area (Å²) in [6.45, 7) is 0.486. The largest absolute Gasteiger partial charge is 0.496 e. The lowest BCUT2D eigenvalue weighted by Gasteiger charge is -2.12. The summed E-state index contributed by atoms with van der Waals surface area (Å²) in [7, 11) is 1.59. The van der Waals surface area contributed by atoms with Gasteiger partial charge in [-0.05, 0) is 18.2 Å². The lowest BCUT2D eigenvalue weighted by molar-refractivity contribution is -0.141. The van der Waals surface area contributed by atoms with Gasteiger partial charge < -0.3 is 9.30 Å². The van der Waals surface area contributed by atoms with Crippen LogP contribution in [0.1, 0.15) is 11.3 Å². The molecule has 0 bridgehead atoms. The summed E-state index contributed by atoms with van der Waals surface area (Å²) < 4.78 is 45.0. The molecular formula is C17H14F3N3O. The Morgan fingerprint density at radius 1 is 1.08 bits per heavy atom. The molecule has 0 spiro atoms. The highest BCUT2D eigenvalue weighted by Gasteiger charge is 2.32. The number of benzene rings is 1. The van der Waals surface area contributed by atoms with Crippen molar-refractivity contribution in [2.24, 2.45) is 0 Å². The molecule has 0 radical (unpaired) electrons. The van der Waals surface area contributed by atoms with E-state index in [-0.39, 0.29) is 0 Å². The van der Waals surface area contributed by atoms with Crippen molar-refractivity contribution >= 4 is 0 Å². The first kappa shape index (κ1) is 16.0. The number of para-hydroxylation sites is 1. The maximum atomic E-state index is 12.6. The van der Waals surface area contributed by atoms with Crippen molar-refractivity contribution in [2.75, 3.05) is 7.11 Å². The topological polar surface area (TPSA) is 39.9 Å². The molecule has 7 heteroatoms. The number of nitrogens with zero attached hydrogens (tertiary/aromatic N) is 3. The molecule has 0 saturated carbocycles. The van der Waals surface area contributed by atoms with E-state index >= 15 is 0 Å². The summed E-state index contributed by atoms with van der Waals surface area (Å²) >= 11 is 0. The summed E-state index contributed by atoms with van der Waals surface area (Å²) in [6.07, 6.45) is 0.0943. The lowest BCUT2D eigenvalue weighted by Crippen LogP contribution is -2.08. The third-order valence-electron chi connectivity index (χ3n) is 3.56. The number of hydrogen-bond acceptors (Lipinski definition) is 3. The molecular weight excluding hydrogens is 319 g/mol. The normalized spacial score (nSPS) is 11.5. The van der Waals surface area contributed by atoms with Crippen molar-refractivity contribution in [1.82, 2.24) is 14.5 Å². The molecule has 3 rings (SSSR count). The van der Waals surface area contributed by atoms with E-state index < -0.39 is 11.9 Å². The number of methoxy groups -OCH3 is 1. The molecule has 2 aromatic heterocycles. The van der Waals surface area contributed by atoms with Gasteiger partial charge in [0.1, 0.15) is 17.3 Å². The summed E-state index contributed by atoms with van der Waals surface area (Å²) in [5, 5.41) is 0. The fourth-order valence-electron chi connectivity index (χ4n) is 2.41. The maximum Gasteiger partial charge on any atom is 0.433 e. The van der Waals surface area contributed by atoms with E-state index in [1.807, 2.05) is 28.8 Å². The second-order valence-electron chi connectivity index (χ2n) is 5.12. The Bertz CT molecular complexity index is 826. The van der Waals surface area contributed by atoms with E-state index in [1.54, 1.807) is 19.5 Å². The molecule has 2 heterocycles. The Hall–Kier alpha value is -2.83. The van der Waals surface area contributed by atoms with Crippen LogP contribution < -0.4 is 4.74 Å². The molecule has 0 aliphatic rings. The highest BCUT2D eigenvalue weighted by Crippen LogP contribution is 2.29. The lowest BCUT2D eigenvalue weighted by atomic mass is 10.2. The monoisotopic (exact) mass is 333 g/mol. The average molecular weight is 333 g/mol. The van der Waals surface area contributed by atoms with Crippen LogP contribution in [0.25, 0.3) is 11.4 Å². The number of halogens is 3. The van der Waals surface area contributed by atoms with Gasteiger partial charge in [-0.25, -0.2) is 4.98 Å². The number of hydrogen-bond donors (Lipinski definition) is 0. The second-order valence-corrected chi connectivity index (χ2v) is 5.12. The first-order valence-electron chi connectivity index (χ1n) is 7.15. The van der Waals surface area contributed by atoms with Gasteiger partial charge in [0.25, 0.3) is 0 Å². The molecule has 0 saturated heterocycles. The van der Waals surface area contributed by atoms with Crippen molar-refractivity contribution in [1.29, 1.82) is 0 Å². The molecule has 0 atom stereocenters. The maximum absolute atomic E-state index is 12.6. The van der Waals surface area contributed by atoms with E-state index in [0.29, 0.717) is 17.9 Å². The minimum atomic E-state index is -4.45. The van der Waals surface area contributed by atoms with E-state index in [1.165, 1.54) is 12.3 Å². The summed E-state index contributed by atoms with van der Waals surface area (Å²) in [5.41, 5.74) is 0.538. The summed E-state index contributed by atoms with van der Waals surface area (Å²) in [4.78, 5) is 7.72. The van der Waals surface area contributed by atoms with Crippen LogP contribution in [-0.4, -0.2) is 21.6 Å². The smallest absolute Gasteiger partial charge is 0.433 e. The third kappa shape index (κ3) is 3.24. The van der Waals surface area contributed by atoms with E-state index in [0.717, 1.165) is 17.4 Å². The zero-order chi connectivity index (χ0) is 17.2. The molecule has 0 aliphatic carbocycles. The first-order valence-corrected chi connectivity index (χ1v) is 7.15. The number of imidazole rings is 1. The van der Waals surface area contributed by atoms with E-state index in [9.17, 15) is 13.2 Å². The predicted molar refractivity (Wildman–Crippen MR) is 82.6 cm³/mol. The SMILES string of the molecule is COc1ccccc1Cn1ccnc1-c1ccc(C(F)(F)F)nc1. The minimum absolute atomic E-state index is 0.486. The molecule has 1 aromatic carbocycles. The average Bonchev–Trinajstić information content (AvgIpc) is 3.03. The van der Waals surface area contributed by atoms with Gasteiger partial charge in [-0.1, -0.05) is 18.2 Å². The van der Waals surface area contributed by atoms with Crippen LogP contribution in [0.15, 0.2) is 55.0 Å². The van der Waals surface area contributed by atoms with Gasteiger partial charge in [-0.15, -0.1) is 0 Å². The van der Waals surface area contributed by atoms with Gasteiger partial charge in [0.15, 0.2) is 0 Å². The Balaban J connectivity index is 1.91. The highest BCUT2D eigenvalue weighted by atomic mass is 19.4. The molecule has 0 fully saturated rings. The summed E-state index contributed by atoms with van der Waals surface area (Å²) in [6, 6.07) is 9.87. The highest BCUT2D eigenvalue weighted by molar-refractivity contribution is 5.54. The molecule has 0 aliphatic heterocycles. The Kier molecular flexibility index (Phi) is 4.24. The van der Waals surface area contributed by atoms with Crippen LogP contribution in [0.3, 0.4) is 0 Å².